The summed E-state index contributed by atoms with van der Waals surface area (Å²) in [4.78, 5) is 4.81. The van der Waals surface area contributed by atoms with Gasteiger partial charge in [-0.15, -0.1) is 0 Å². The van der Waals surface area contributed by atoms with Crippen LogP contribution in [0.15, 0.2) is 48.5 Å². The molecule has 0 saturated carbocycles. The number of rotatable bonds is 5. The highest BCUT2D eigenvalue weighted by Gasteiger charge is 2.17. The van der Waals surface area contributed by atoms with Gasteiger partial charge in [0.25, 0.3) is 0 Å². The van der Waals surface area contributed by atoms with Gasteiger partial charge in [-0.2, -0.15) is 0 Å². The number of anilines is 2. The molecule has 0 unspecified atom stereocenters. The van der Waals surface area contributed by atoms with Gasteiger partial charge in [-0.25, -0.2) is 0 Å². The summed E-state index contributed by atoms with van der Waals surface area (Å²) >= 11 is 6.09. The molecule has 122 valence electrons. The number of para-hydroxylation sites is 1. The number of benzene rings is 2. The fourth-order valence-electron chi connectivity index (χ4n) is 2.76. The van der Waals surface area contributed by atoms with Gasteiger partial charge in [0, 0.05) is 44.1 Å². The first-order valence-corrected chi connectivity index (χ1v) is 8.30. The van der Waals surface area contributed by atoms with Crippen molar-refractivity contribution in [1.29, 1.82) is 0 Å². The summed E-state index contributed by atoms with van der Waals surface area (Å²) in [7, 11) is 0. The van der Waals surface area contributed by atoms with Crippen LogP contribution in [0.2, 0.25) is 5.02 Å². The third-order valence-corrected chi connectivity index (χ3v) is 4.44. The van der Waals surface area contributed by atoms with Crippen molar-refractivity contribution in [3.05, 3.63) is 53.6 Å². The largest absolute Gasteiger partial charge is 0.491 e. The molecule has 5 heteroatoms. The molecule has 3 rings (SSSR count). The topological polar surface area (TPSA) is 41.7 Å². The van der Waals surface area contributed by atoms with E-state index in [4.69, 9.17) is 22.1 Å². The summed E-state index contributed by atoms with van der Waals surface area (Å²) in [5, 5.41) is 0.667. The number of ether oxygens (including phenoxy) is 1. The summed E-state index contributed by atoms with van der Waals surface area (Å²) in [6.45, 7) is 5.70. The van der Waals surface area contributed by atoms with Crippen LogP contribution in [-0.4, -0.2) is 44.2 Å². The van der Waals surface area contributed by atoms with Gasteiger partial charge in [-0.1, -0.05) is 23.7 Å². The van der Waals surface area contributed by atoms with Gasteiger partial charge in [0.15, 0.2) is 0 Å². The lowest BCUT2D eigenvalue weighted by molar-refractivity contribution is 0.200. The van der Waals surface area contributed by atoms with Crippen LogP contribution in [0.4, 0.5) is 11.4 Å². The van der Waals surface area contributed by atoms with E-state index in [0.717, 1.165) is 44.2 Å². The molecule has 2 aromatic carbocycles. The first kappa shape index (κ1) is 16.0. The molecule has 2 N–H and O–H groups in total. The molecule has 0 bridgehead atoms. The SMILES string of the molecule is Nc1ccc(N2CCN(CCOc3ccccc3Cl)CC2)cc1. The molecule has 0 aromatic heterocycles. The molecule has 0 atom stereocenters. The fourth-order valence-corrected chi connectivity index (χ4v) is 2.95. The van der Waals surface area contributed by atoms with Crippen molar-refractivity contribution >= 4 is 23.0 Å². The highest BCUT2D eigenvalue weighted by atomic mass is 35.5. The number of piperazine rings is 1. The van der Waals surface area contributed by atoms with Crippen molar-refractivity contribution in [3.63, 3.8) is 0 Å². The van der Waals surface area contributed by atoms with E-state index in [1.54, 1.807) is 0 Å². The van der Waals surface area contributed by atoms with E-state index in [0.29, 0.717) is 11.6 Å². The second-order valence-electron chi connectivity index (χ2n) is 5.70. The summed E-state index contributed by atoms with van der Waals surface area (Å²) in [6, 6.07) is 15.7. The minimum absolute atomic E-state index is 0.658. The monoisotopic (exact) mass is 331 g/mol. The Bertz CT molecular complexity index is 624. The zero-order chi connectivity index (χ0) is 16.1. The second kappa shape index (κ2) is 7.57. The van der Waals surface area contributed by atoms with Crippen LogP contribution in [-0.2, 0) is 0 Å². The van der Waals surface area contributed by atoms with E-state index in [-0.39, 0.29) is 0 Å². The number of hydrogen-bond acceptors (Lipinski definition) is 4. The highest BCUT2D eigenvalue weighted by Crippen LogP contribution is 2.23. The maximum absolute atomic E-state index is 6.09. The Morgan fingerprint density at radius 2 is 1.65 bits per heavy atom. The van der Waals surface area contributed by atoms with Gasteiger partial charge in [-0.05, 0) is 36.4 Å². The number of hydrogen-bond donors (Lipinski definition) is 1. The van der Waals surface area contributed by atoms with E-state index in [1.807, 2.05) is 36.4 Å². The third kappa shape index (κ3) is 4.30. The Morgan fingerprint density at radius 1 is 0.957 bits per heavy atom. The molecule has 1 fully saturated rings. The molecule has 1 aliphatic heterocycles. The van der Waals surface area contributed by atoms with E-state index < -0.39 is 0 Å². The second-order valence-corrected chi connectivity index (χ2v) is 6.11. The molecular weight excluding hydrogens is 310 g/mol. The molecule has 0 radical (unpaired) electrons. The normalized spacial score (nSPS) is 15.6. The average molecular weight is 332 g/mol. The Balaban J connectivity index is 1.43. The minimum atomic E-state index is 0.658. The summed E-state index contributed by atoms with van der Waals surface area (Å²) in [5.41, 5.74) is 7.79. The van der Waals surface area contributed by atoms with Crippen molar-refractivity contribution < 1.29 is 4.74 Å². The maximum atomic E-state index is 6.09. The van der Waals surface area contributed by atoms with Crippen LogP contribution in [0.1, 0.15) is 0 Å². The van der Waals surface area contributed by atoms with Crippen LogP contribution < -0.4 is 15.4 Å². The smallest absolute Gasteiger partial charge is 0.137 e. The van der Waals surface area contributed by atoms with E-state index in [9.17, 15) is 0 Å². The molecule has 4 nitrogen and oxygen atoms in total. The molecular formula is C18H22ClN3O. The fraction of sp³-hybridized carbons (Fsp3) is 0.333. The predicted octanol–water partition coefficient (Wildman–Crippen LogP) is 3.12. The molecule has 0 amide bonds. The lowest BCUT2D eigenvalue weighted by Crippen LogP contribution is -2.47. The zero-order valence-electron chi connectivity index (χ0n) is 13.1. The Labute approximate surface area is 142 Å². The maximum Gasteiger partial charge on any atom is 0.137 e. The minimum Gasteiger partial charge on any atom is -0.491 e. The van der Waals surface area contributed by atoms with E-state index in [1.165, 1.54) is 5.69 Å². The Morgan fingerprint density at radius 3 is 2.35 bits per heavy atom. The van der Waals surface area contributed by atoms with E-state index >= 15 is 0 Å². The lowest BCUT2D eigenvalue weighted by Gasteiger charge is -2.36. The number of halogens is 1. The summed E-state index contributed by atoms with van der Waals surface area (Å²) < 4.78 is 5.76. The van der Waals surface area contributed by atoms with Gasteiger partial charge in [-0.3, -0.25) is 4.90 Å². The molecule has 1 saturated heterocycles. The van der Waals surface area contributed by atoms with Crippen LogP contribution in [0.3, 0.4) is 0 Å². The van der Waals surface area contributed by atoms with Gasteiger partial charge < -0.3 is 15.4 Å². The standard InChI is InChI=1S/C18H22ClN3O/c19-17-3-1-2-4-18(17)23-14-13-21-9-11-22(12-10-21)16-7-5-15(20)6-8-16/h1-8H,9-14,20H2. The van der Waals surface area contributed by atoms with Crippen LogP contribution in [0.5, 0.6) is 5.75 Å². The van der Waals surface area contributed by atoms with Crippen molar-refractivity contribution in [2.24, 2.45) is 0 Å². The van der Waals surface area contributed by atoms with Crippen molar-refractivity contribution in [2.45, 2.75) is 0 Å². The Kier molecular flexibility index (Phi) is 5.26. The zero-order valence-corrected chi connectivity index (χ0v) is 13.9. The first-order chi connectivity index (χ1) is 11.2. The van der Waals surface area contributed by atoms with Crippen LogP contribution in [0.25, 0.3) is 0 Å². The summed E-state index contributed by atoms with van der Waals surface area (Å²) in [6.07, 6.45) is 0. The quantitative estimate of drug-likeness (QED) is 0.855. The number of nitrogens with zero attached hydrogens (tertiary/aromatic N) is 2. The van der Waals surface area contributed by atoms with Gasteiger partial charge >= 0.3 is 0 Å². The van der Waals surface area contributed by atoms with Crippen LogP contribution >= 0.6 is 11.6 Å². The Hall–Kier alpha value is -1.91. The summed E-state index contributed by atoms with van der Waals surface area (Å²) in [5.74, 6) is 0.759. The first-order valence-electron chi connectivity index (χ1n) is 7.92. The van der Waals surface area contributed by atoms with Gasteiger partial charge in [0.05, 0.1) is 5.02 Å². The number of nitrogens with two attached hydrogens (primary N) is 1. The van der Waals surface area contributed by atoms with Crippen molar-refractivity contribution in [2.75, 3.05) is 50.0 Å². The predicted molar refractivity (Wildman–Crippen MR) is 96.5 cm³/mol. The van der Waals surface area contributed by atoms with Crippen molar-refractivity contribution in [1.82, 2.24) is 4.90 Å². The number of nitrogen functional groups attached to an aromatic ring is 1. The van der Waals surface area contributed by atoms with Gasteiger partial charge in [0.1, 0.15) is 12.4 Å². The lowest BCUT2D eigenvalue weighted by atomic mass is 10.2. The molecule has 1 aliphatic rings. The molecule has 0 spiro atoms. The van der Waals surface area contributed by atoms with E-state index in [2.05, 4.69) is 21.9 Å². The molecule has 2 aromatic rings. The highest BCUT2D eigenvalue weighted by molar-refractivity contribution is 6.32. The van der Waals surface area contributed by atoms with Gasteiger partial charge in [0.2, 0.25) is 0 Å². The van der Waals surface area contributed by atoms with Crippen molar-refractivity contribution in [3.8, 4) is 5.75 Å². The molecule has 1 heterocycles. The average Bonchev–Trinajstić information content (AvgIpc) is 2.58. The molecule has 23 heavy (non-hydrogen) atoms. The third-order valence-electron chi connectivity index (χ3n) is 4.13. The van der Waals surface area contributed by atoms with Crippen LogP contribution in [0, 0.1) is 0 Å². The molecule has 0 aliphatic carbocycles.